The Hall–Kier alpha value is -2.40. The van der Waals surface area contributed by atoms with E-state index in [9.17, 15) is 4.79 Å². The van der Waals surface area contributed by atoms with Gasteiger partial charge in [0.1, 0.15) is 18.1 Å². The van der Waals surface area contributed by atoms with Crippen LogP contribution in [0.3, 0.4) is 0 Å². The maximum Gasteiger partial charge on any atom is 0.319 e. The molecule has 2 amide bonds. The molecule has 0 radical (unpaired) electrons. The van der Waals surface area contributed by atoms with Gasteiger partial charge in [-0.15, -0.1) is 0 Å². The van der Waals surface area contributed by atoms with Gasteiger partial charge in [-0.2, -0.15) is 0 Å². The molecule has 3 rings (SSSR count). The van der Waals surface area contributed by atoms with E-state index in [-0.39, 0.29) is 12.1 Å². The zero-order chi connectivity index (χ0) is 16.2. The number of methoxy groups -OCH3 is 1. The summed E-state index contributed by atoms with van der Waals surface area (Å²) >= 11 is 5.90. The van der Waals surface area contributed by atoms with E-state index in [0.717, 1.165) is 17.1 Å². The van der Waals surface area contributed by atoms with Crippen molar-refractivity contribution in [2.45, 2.75) is 12.5 Å². The molecule has 23 heavy (non-hydrogen) atoms. The quantitative estimate of drug-likeness (QED) is 0.904. The first-order chi connectivity index (χ1) is 11.1. The van der Waals surface area contributed by atoms with Gasteiger partial charge in [0, 0.05) is 10.7 Å². The number of rotatable bonds is 3. The van der Waals surface area contributed by atoms with Gasteiger partial charge in [-0.3, -0.25) is 0 Å². The van der Waals surface area contributed by atoms with Gasteiger partial charge in [-0.25, -0.2) is 4.79 Å². The summed E-state index contributed by atoms with van der Waals surface area (Å²) in [5.74, 6) is 1.61. The van der Waals surface area contributed by atoms with E-state index in [1.165, 1.54) is 0 Å². The van der Waals surface area contributed by atoms with Gasteiger partial charge >= 0.3 is 6.03 Å². The predicted molar refractivity (Wildman–Crippen MR) is 89.6 cm³/mol. The molecule has 0 aliphatic carbocycles. The summed E-state index contributed by atoms with van der Waals surface area (Å²) in [5.41, 5.74) is 1.66. The molecule has 1 aliphatic heterocycles. The van der Waals surface area contributed by atoms with E-state index >= 15 is 0 Å². The molecule has 1 aliphatic rings. The number of hydrogen-bond acceptors (Lipinski definition) is 3. The smallest absolute Gasteiger partial charge is 0.319 e. The van der Waals surface area contributed by atoms with Gasteiger partial charge in [0.25, 0.3) is 0 Å². The Balaban J connectivity index is 1.61. The van der Waals surface area contributed by atoms with Crippen molar-refractivity contribution in [1.29, 1.82) is 0 Å². The lowest BCUT2D eigenvalue weighted by Gasteiger charge is -2.26. The topological polar surface area (TPSA) is 59.6 Å². The second kappa shape index (κ2) is 6.79. The van der Waals surface area contributed by atoms with E-state index < -0.39 is 0 Å². The fourth-order valence-electron chi connectivity index (χ4n) is 2.51. The maximum absolute atomic E-state index is 12.1. The van der Waals surface area contributed by atoms with Crippen LogP contribution >= 0.6 is 11.6 Å². The van der Waals surface area contributed by atoms with Crippen LogP contribution in [-0.2, 0) is 6.42 Å². The minimum atomic E-state index is -0.285. The molecular weight excluding hydrogens is 316 g/mol. The maximum atomic E-state index is 12.1. The van der Waals surface area contributed by atoms with Gasteiger partial charge in [0.15, 0.2) is 0 Å². The number of nitrogens with one attached hydrogen (secondary N) is 2. The number of halogens is 1. The van der Waals surface area contributed by atoms with Gasteiger partial charge in [-0.1, -0.05) is 17.7 Å². The first kappa shape index (κ1) is 15.5. The number of anilines is 1. The minimum Gasteiger partial charge on any atom is -0.497 e. The van der Waals surface area contributed by atoms with Crippen LogP contribution in [-0.4, -0.2) is 25.8 Å². The summed E-state index contributed by atoms with van der Waals surface area (Å²) in [6.07, 6.45) is 0.690. The Bertz CT molecular complexity index is 721. The van der Waals surface area contributed by atoms with Crippen molar-refractivity contribution in [3.05, 3.63) is 53.1 Å². The molecular formula is C17H17ClN2O3. The average molecular weight is 333 g/mol. The summed E-state index contributed by atoms with van der Waals surface area (Å²) in [4.78, 5) is 12.1. The summed E-state index contributed by atoms with van der Waals surface area (Å²) in [6, 6.07) is 12.3. The molecule has 0 unspecified atom stereocenters. The number of carbonyl (C=O) groups excluding carboxylic acids is 1. The van der Waals surface area contributed by atoms with Gasteiger partial charge in [0.2, 0.25) is 0 Å². The molecule has 120 valence electrons. The van der Waals surface area contributed by atoms with Crippen LogP contribution in [0, 0.1) is 0 Å². The number of benzene rings is 2. The van der Waals surface area contributed by atoms with Gasteiger partial charge < -0.3 is 20.1 Å². The highest BCUT2D eigenvalue weighted by atomic mass is 35.5. The minimum absolute atomic E-state index is 0.103. The fraction of sp³-hybridized carbons (Fsp3) is 0.235. The summed E-state index contributed by atoms with van der Waals surface area (Å²) in [5, 5.41) is 6.24. The van der Waals surface area contributed by atoms with Crippen molar-refractivity contribution in [3.63, 3.8) is 0 Å². The number of amides is 2. The Kier molecular flexibility index (Phi) is 4.57. The van der Waals surface area contributed by atoms with Crippen molar-refractivity contribution >= 4 is 23.3 Å². The second-order valence-electron chi connectivity index (χ2n) is 5.29. The molecule has 2 aromatic rings. The lowest BCUT2D eigenvalue weighted by molar-refractivity contribution is 0.222. The third kappa shape index (κ3) is 3.87. The van der Waals surface area contributed by atoms with Crippen LogP contribution < -0.4 is 20.1 Å². The second-order valence-corrected chi connectivity index (χ2v) is 5.73. The highest BCUT2D eigenvalue weighted by Gasteiger charge is 2.22. The molecule has 2 N–H and O–H groups in total. The molecule has 6 heteroatoms. The van der Waals surface area contributed by atoms with Gasteiger partial charge in [0.05, 0.1) is 13.2 Å². The Morgan fingerprint density at radius 2 is 2.17 bits per heavy atom. The lowest BCUT2D eigenvalue weighted by Crippen LogP contribution is -2.44. The zero-order valence-electron chi connectivity index (χ0n) is 12.6. The molecule has 0 fully saturated rings. The van der Waals surface area contributed by atoms with Crippen LogP contribution in [0.1, 0.15) is 5.56 Å². The third-order valence-corrected chi connectivity index (χ3v) is 3.83. The van der Waals surface area contributed by atoms with Crippen molar-refractivity contribution in [2.75, 3.05) is 19.0 Å². The van der Waals surface area contributed by atoms with E-state index in [1.807, 2.05) is 18.2 Å². The van der Waals surface area contributed by atoms with Crippen molar-refractivity contribution < 1.29 is 14.3 Å². The lowest BCUT2D eigenvalue weighted by atomic mass is 10.0. The van der Waals surface area contributed by atoms with E-state index in [0.29, 0.717) is 23.7 Å². The number of carbonyl (C=O) groups is 1. The van der Waals surface area contributed by atoms with Crippen molar-refractivity contribution in [2.24, 2.45) is 0 Å². The van der Waals surface area contributed by atoms with Crippen LogP contribution in [0.2, 0.25) is 5.02 Å². The zero-order valence-corrected chi connectivity index (χ0v) is 13.4. The number of urea groups is 1. The number of fused-ring (bicyclic) bond motifs is 1. The monoisotopic (exact) mass is 332 g/mol. The Labute approximate surface area is 139 Å². The fourth-order valence-corrected chi connectivity index (χ4v) is 2.70. The molecule has 0 spiro atoms. The summed E-state index contributed by atoms with van der Waals surface area (Å²) in [7, 11) is 1.62. The van der Waals surface area contributed by atoms with Crippen LogP contribution in [0.5, 0.6) is 11.5 Å². The molecule has 0 saturated carbocycles. The largest absolute Gasteiger partial charge is 0.497 e. The van der Waals surface area contributed by atoms with Crippen molar-refractivity contribution in [3.8, 4) is 11.5 Å². The molecule has 1 atom stereocenters. The SMILES string of the molecule is COc1ccc2c(c1)C[C@@H](NC(=O)Nc1cccc(Cl)c1)CO2. The molecule has 2 aromatic carbocycles. The predicted octanol–water partition coefficient (Wildman–Crippen LogP) is 3.47. The van der Waals surface area contributed by atoms with Crippen LogP contribution in [0.4, 0.5) is 10.5 Å². The van der Waals surface area contributed by atoms with E-state index in [2.05, 4.69) is 10.6 Å². The molecule has 0 saturated heterocycles. The normalized spacial score (nSPS) is 16.0. The van der Waals surface area contributed by atoms with Gasteiger partial charge in [-0.05, 0) is 48.4 Å². The average Bonchev–Trinajstić information content (AvgIpc) is 2.54. The molecule has 5 nitrogen and oxygen atoms in total. The van der Waals surface area contributed by atoms with E-state index in [4.69, 9.17) is 21.1 Å². The first-order valence-electron chi connectivity index (χ1n) is 7.27. The molecule has 0 aromatic heterocycles. The molecule has 0 bridgehead atoms. The summed E-state index contributed by atoms with van der Waals surface area (Å²) < 4.78 is 10.9. The first-order valence-corrected chi connectivity index (χ1v) is 7.64. The third-order valence-electron chi connectivity index (χ3n) is 3.59. The highest BCUT2D eigenvalue weighted by Crippen LogP contribution is 2.28. The number of hydrogen-bond donors (Lipinski definition) is 2. The van der Waals surface area contributed by atoms with Crippen LogP contribution in [0.25, 0.3) is 0 Å². The van der Waals surface area contributed by atoms with E-state index in [1.54, 1.807) is 31.4 Å². The Morgan fingerprint density at radius 1 is 1.30 bits per heavy atom. The summed E-state index contributed by atoms with van der Waals surface area (Å²) in [6.45, 7) is 0.433. The van der Waals surface area contributed by atoms with Crippen molar-refractivity contribution in [1.82, 2.24) is 5.32 Å². The molecule has 1 heterocycles. The highest BCUT2D eigenvalue weighted by molar-refractivity contribution is 6.30. The standard InChI is InChI=1S/C17H17ClN2O3/c1-22-15-5-6-16-11(8-15)7-14(10-23-16)20-17(21)19-13-4-2-3-12(18)9-13/h2-6,8-9,14H,7,10H2,1H3,(H2,19,20,21)/t14-/m1/s1. The van der Waals surface area contributed by atoms with Crippen LogP contribution in [0.15, 0.2) is 42.5 Å². The number of ether oxygens (including phenoxy) is 2. The Morgan fingerprint density at radius 3 is 2.96 bits per heavy atom.